The number of hydrogen-bond acceptors (Lipinski definition) is 4. The average molecular weight is 301 g/mol. The van der Waals surface area contributed by atoms with Crippen LogP contribution in [0.5, 0.6) is 11.5 Å². The van der Waals surface area contributed by atoms with E-state index in [9.17, 15) is 8.42 Å². The van der Waals surface area contributed by atoms with Crippen LogP contribution in [0.15, 0.2) is 18.2 Å². The first-order valence-electron chi connectivity index (χ1n) is 6.65. The van der Waals surface area contributed by atoms with Crippen LogP contribution in [-0.4, -0.2) is 28.4 Å². The van der Waals surface area contributed by atoms with Crippen molar-refractivity contribution in [1.29, 1.82) is 0 Å². The molecule has 0 radical (unpaired) electrons. The Hall–Kier alpha value is -1.27. The molecule has 1 rings (SSSR count). The van der Waals surface area contributed by atoms with Crippen LogP contribution >= 0.6 is 0 Å². The van der Waals surface area contributed by atoms with Gasteiger partial charge in [0, 0.05) is 6.04 Å². The standard InChI is InChI=1S/C14H23NO4S/c1-5-6-9-20(16,17)15-11(2)12-7-8-13(18-3)14(10-12)19-4/h7-8,10-11,15H,5-6,9H2,1-4H3. The van der Waals surface area contributed by atoms with Gasteiger partial charge in [0.05, 0.1) is 20.0 Å². The Labute approximate surface area is 121 Å². The Kier molecular flexibility index (Phi) is 6.29. The van der Waals surface area contributed by atoms with Crippen molar-refractivity contribution in [2.45, 2.75) is 32.7 Å². The van der Waals surface area contributed by atoms with Crippen molar-refractivity contribution in [3.63, 3.8) is 0 Å². The molecule has 0 saturated carbocycles. The first kappa shape index (κ1) is 16.8. The minimum atomic E-state index is -3.25. The molecule has 20 heavy (non-hydrogen) atoms. The third-order valence-corrected chi connectivity index (χ3v) is 4.57. The molecule has 6 heteroatoms. The summed E-state index contributed by atoms with van der Waals surface area (Å²) >= 11 is 0. The van der Waals surface area contributed by atoms with Gasteiger partial charge in [0.25, 0.3) is 0 Å². The van der Waals surface area contributed by atoms with Gasteiger partial charge in [0.2, 0.25) is 10.0 Å². The van der Waals surface area contributed by atoms with Crippen molar-refractivity contribution in [3.05, 3.63) is 23.8 Å². The third kappa shape index (κ3) is 4.68. The molecule has 0 spiro atoms. The van der Waals surface area contributed by atoms with Gasteiger partial charge in [-0.05, 0) is 31.0 Å². The van der Waals surface area contributed by atoms with E-state index in [0.29, 0.717) is 17.9 Å². The summed E-state index contributed by atoms with van der Waals surface area (Å²) in [5, 5.41) is 0. The van der Waals surface area contributed by atoms with E-state index in [-0.39, 0.29) is 11.8 Å². The Bertz CT molecular complexity index is 528. The minimum Gasteiger partial charge on any atom is -0.493 e. The van der Waals surface area contributed by atoms with E-state index in [0.717, 1.165) is 12.0 Å². The van der Waals surface area contributed by atoms with Crippen LogP contribution in [0.25, 0.3) is 0 Å². The summed E-state index contributed by atoms with van der Waals surface area (Å²) in [7, 11) is -0.131. The molecule has 0 aliphatic heterocycles. The zero-order valence-electron chi connectivity index (χ0n) is 12.5. The SMILES string of the molecule is CCCCS(=O)(=O)NC(C)c1ccc(OC)c(OC)c1. The number of unbranched alkanes of at least 4 members (excludes halogenated alkanes) is 1. The van der Waals surface area contributed by atoms with Gasteiger partial charge in [-0.1, -0.05) is 19.4 Å². The van der Waals surface area contributed by atoms with Crippen LogP contribution in [0, 0.1) is 0 Å². The molecular formula is C14H23NO4S. The van der Waals surface area contributed by atoms with Gasteiger partial charge in [-0.15, -0.1) is 0 Å². The number of hydrogen-bond donors (Lipinski definition) is 1. The van der Waals surface area contributed by atoms with Gasteiger partial charge in [0.15, 0.2) is 11.5 Å². The zero-order valence-corrected chi connectivity index (χ0v) is 13.3. The maximum atomic E-state index is 11.9. The predicted molar refractivity (Wildman–Crippen MR) is 79.8 cm³/mol. The first-order chi connectivity index (χ1) is 9.43. The zero-order chi connectivity index (χ0) is 15.2. The topological polar surface area (TPSA) is 64.6 Å². The lowest BCUT2D eigenvalue weighted by Gasteiger charge is -2.16. The molecular weight excluding hydrogens is 278 g/mol. The van der Waals surface area contributed by atoms with E-state index in [1.807, 2.05) is 19.9 Å². The highest BCUT2D eigenvalue weighted by atomic mass is 32.2. The molecule has 5 nitrogen and oxygen atoms in total. The molecule has 1 aromatic carbocycles. The lowest BCUT2D eigenvalue weighted by Crippen LogP contribution is -2.29. The maximum Gasteiger partial charge on any atom is 0.212 e. The fraction of sp³-hybridized carbons (Fsp3) is 0.571. The van der Waals surface area contributed by atoms with Crippen LogP contribution in [0.1, 0.15) is 38.3 Å². The number of benzene rings is 1. The smallest absolute Gasteiger partial charge is 0.212 e. The molecule has 1 N–H and O–H groups in total. The summed E-state index contributed by atoms with van der Waals surface area (Å²) in [4.78, 5) is 0. The first-order valence-corrected chi connectivity index (χ1v) is 8.30. The molecule has 0 fully saturated rings. The molecule has 1 atom stereocenters. The van der Waals surface area contributed by atoms with Crippen molar-refractivity contribution in [1.82, 2.24) is 4.72 Å². The van der Waals surface area contributed by atoms with Gasteiger partial charge in [-0.3, -0.25) is 0 Å². The average Bonchev–Trinajstić information content (AvgIpc) is 2.43. The van der Waals surface area contributed by atoms with E-state index < -0.39 is 10.0 Å². The fourth-order valence-corrected chi connectivity index (χ4v) is 3.31. The highest BCUT2D eigenvalue weighted by Gasteiger charge is 2.16. The monoisotopic (exact) mass is 301 g/mol. The minimum absolute atomic E-state index is 0.154. The second-order valence-electron chi connectivity index (χ2n) is 4.63. The summed E-state index contributed by atoms with van der Waals surface area (Å²) in [6.45, 7) is 3.78. The molecule has 0 amide bonds. The quantitative estimate of drug-likeness (QED) is 0.801. The second kappa shape index (κ2) is 7.50. The molecule has 114 valence electrons. The van der Waals surface area contributed by atoms with Crippen LogP contribution < -0.4 is 14.2 Å². The summed E-state index contributed by atoms with van der Waals surface area (Å²) in [6, 6.07) is 5.07. The summed E-state index contributed by atoms with van der Waals surface area (Å²) in [5.41, 5.74) is 0.836. The van der Waals surface area contributed by atoms with Crippen molar-refractivity contribution in [2.24, 2.45) is 0 Å². The fourth-order valence-electron chi connectivity index (χ4n) is 1.85. The van der Waals surface area contributed by atoms with Gasteiger partial charge in [0.1, 0.15) is 0 Å². The van der Waals surface area contributed by atoms with Crippen LogP contribution in [-0.2, 0) is 10.0 Å². The van der Waals surface area contributed by atoms with E-state index in [1.54, 1.807) is 26.4 Å². The van der Waals surface area contributed by atoms with Crippen LogP contribution in [0.4, 0.5) is 0 Å². The van der Waals surface area contributed by atoms with Gasteiger partial charge >= 0.3 is 0 Å². The van der Waals surface area contributed by atoms with E-state index in [4.69, 9.17) is 9.47 Å². The largest absolute Gasteiger partial charge is 0.493 e. The van der Waals surface area contributed by atoms with Gasteiger partial charge in [-0.25, -0.2) is 13.1 Å². The molecule has 1 aromatic rings. The highest BCUT2D eigenvalue weighted by molar-refractivity contribution is 7.89. The Morgan fingerprint density at radius 1 is 1.20 bits per heavy atom. The van der Waals surface area contributed by atoms with Gasteiger partial charge < -0.3 is 9.47 Å². The molecule has 0 aliphatic rings. The van der Waals surface area contributed by atoms with Crippen LogP contribution in [0.3, 0.4) is 0 Å². The van der Waals surface area contributed by atoms with E-state index >= 15 is 0 Å². The van der Waals surface area contributed by atoms with Crippen LogP contribution in [0.2, 0.25) is 0 Å². The normalized spacial score (nSPS) is 13.0. The lowest BCUT2D eigenvalue weighted by atomic mass is 10.1. The summed E-state index contributed by atoms with van der Waals surface area (Å²) in [6.07, 6.45) is 1.51. The molecule has 1 unspecified atom stereocenters. The van der Waals surface area contributed by atoms with Crippen molar-refractivity contribution < 1.29 is 17.9 Å². The lowest BCUT2D eigenvalue weighted by molar-refractivity contribution is 0.354. The molecule has 0 aliphatic carbocycles. The number of rotatable bonds is 8. The van der Waals surface area contributed by atoms with E-state index in [1.165, 1.54) is 0 Å². The summed E-state index contributed by atoms with van der Waals surface area (Å²) in [5.74, 6) is 1.36. The predicted octanol–water partition coefficient (Wildman–Crippen LogP) is 2.48. The number of nitrogens with one attached hydrogen (secondary N) is 1. The van der Waals surface area contributed by atoms with Crippen molar-refractivity contribution in [3.8, 4) is 11.5 Å². The Morgan fingerprint density at radius 3 is 2.40 bits per heavy atom. The molecule has 0 heterocycles. The van der Waals surface area contributed by atoms with Gasteiger partial charge in [-0.2, -0.15) is 0 Å². The highest BCUT2D eigenvalue weighted by Crippen LogP contribution is 2.30. The second-order valence-corrected chi connectivity index (χ2v) is 6.50. The Morgan fingerprint density at radius 2 is 1.85 bits per heavy atom. The number of methoxy groups -OCH3 is 2. The maximum absolute atomic E-state index is 11.9. The number of ether oxygens (including phenoxy) is 2. The molecule has 0 bridgehead atoms. The molecule has 0 aromatic heterocycles. The third-order valence-electron chi connectivity index (χ3n) is 3.03. The number of sulfonamides is 1. The van der Waals surface area contributed by atoms with Crippen molar-refractivity contribution >= 4 is 10.0 Å². The molecule has 0 saturated heterocycles. The Balaban J connectivity index is 2.84. The van der Waals surface area contributed by atoms with Crippen molar-refractivity contribution in [2.75, 3.05) is 20.0 Å². The summed E-state index contributed by atoms with van der Waals surface area (Å²) < 4.78 is 36.8. The van der Waals surface area contributed by atoms with E-state index in [2.05, 4.69) is 4.72 Å².